The summed E-state index contributed by atoms with van der Waals surface area (Å²) in [4.78, 5) is 27.6. The van der Waals surface area contributed by atoms with E-state index in [9.17, 15) is 9.59 Å². The Hall–Kier alpha value is -2.68. The van der Waals surface area contributed by atoms with Crippen molar-refractivity contribution in [3.63, 3.8) is 0 Å². The molecule has 0 saturated carbocycles. The average Bonchev–Trinajstić information content (AvgIpc) is 3.39. The highest BCUT2D eigenvalue weighted by molar-refractivity contribution is 8.26. The van der Waals surface area contributed by atoms with Gasteiger partial charge in [-0.3, -0.25) is 9.69 Å². The Morgan fingerprint density at radius 3 is 2.81 bits per heavy atom. The van der Waals surface area contributed by atoms with Crippen LogP contribution in [0.2, 0.25) is 0 Å². The second kappa shape index (κ2) is 9.85. The van der Waals surface area contributed by atoms with Gasteiger partial charge in [0.25, 0.3) is 5.91 Å². The van der Waals surface area contributed by atoms with Gasteiger partial charge in [0.2, 0.25) is 0 Å². The van der Waals surface area contributed by atoms with E-state index < -0.39 is 5.97 Å². The van der Waals surface area contributed by atoms with Crippen molar-refractivity contribution in [2.45, 2.75) is 25.9 Å². The molecule has 2 fully saturated rings. The lowest BCUT2D eigenvalue weighted by molar-refractivity contribution is -0.123. The summed E-state index contributed by atoms with van der Waals surface area (Å²) in [6.45, 7) is 3.07. The minimum atomic E-state index is -0.454. The number of amides is 1. The predicted octanol–water partition coefficient (Wildman–Crippen LogP) is 4.60. The summed E-state index contributed by atoms with van der Waals surface area (Å²) in [5, 5.41) is 0. The predicted molar refractivity (Wildman–Crippen MR) is 128 cm³/mol. The molecule has 2 aromatic rings. The molecule has 8 heteroatoms. The van der Waals surface area contributed by atoms with Crippen LogP contribution in [0.5, 0.6) is 11.5 Å². The van der Waals surface area contributed by atoms with Crippen LogP contribution in [0, 0.1) is 6.92 Å². The van der Waals surface area contributed by atoms with Crippen molar-refractivity contribution in [3.05, 3.63) is 64.1 Å². The van der Waals surface area contributed by atoms with Gasteiger partial charge < -0.3 is 14.2 Å². The fourth-order valence-corrected chi connectivity index (χ4v) is 4.89. The maximum absolute atomic E-state index is 12.9. The molecule has 0 spiro atoms. The number of hydrogen-bond acceptors (Lipinski definition) is 7. The van der Waals surface area contributed by atoms with Crippen LogP contribution in [0.15, 0.2) is 47.4 Å². The van der Waals surface area contributed by atoms with Crippen molar-refractivity contribution >= 4 is 46.3 Å². The number of aryl methyl sites for hydroxylation is 1. The lowest BCUT2D eigenvalue weighted by Crippen LogP contribution is -2.35. The zero-order valence-corrected chi connectivity index (χ0v) is 19.5. The summed E-state index contributed by atoms with van der Waals surface area (Å²) in [6.07, 6.45) is 3.76. The van der Waals surface area contributed by atoms with Gasteiger partial charge in [0.1, 0.15) is 4.32 Å². The molecule has 2 saturated heterocycles. The van der Waals surface area contributed by atoms with Crippen LogP contribution < -0.4 is 9.47 Å². The second-order valence-electron chi connectivity index (χ2n) is 7.54. The zero-order chi connectivity index (χ0) is 22.7. The summed E-state index contributed by atoms with van der Waals surface area (Å²) >= 11 is 6.68. The number of nitrogens with zero attached hydrogens (tertiary/aromatic N) is 1. The van der Waals surface area contributed by atoms with E-state index in [4.69, 9.17) is 26.4 Å². The first kappa shape index (κ1) is 22.5. The van der Waals surface area contributed by atoms with Gasteiger partial charge in [0.15, 0.2) is 11.5 Å². The number of rotatable bonds is 6. The maximum Gasteiger partial charge on any atom is 0.343 e. The summed E-state index contributed by atoms with van der Waals surface area (Å²) < 4.78 is 17.2. The number of esters is 1. The number of carbonyl (C=O) groups excluding carboxylic acids is 2. The first-order valence-corrected chi connectivity index (χ1v) is 11.5. The number of ether oxygens (including phenoxy) is 3. The molecule has 32 heavy (non-hydrogen) atoms. The van der Waals surface area contributed by atoms with E-state index in [1.165, 1.54) is 18.9 Å². The van der Waals surface area contributed by atoms with Crippen LogP contribution in [0.1, 0.15) is 34.3 Å². The van der Waals surface area contributed by atoms with Gasteiger partial charge >= 0.3 is 5.97 Å². The topological polar surface area (TPSA) is 65.1 Å². The summed E-state index contributed by atoms with van der Waals surface area (Å²) in [7, 11) is 1.51. The molecule has 4 rings (SSSR count). The van der Waals surface area contributed by atoms with E-state index in [1.807, 2.05) is 19.1 Å². The third kappa shape index (κ3) is 4.87. The molecule has 2 heterocycles. The highest BCUT2D eigenvalue weighted by Gasteiger charge is 2.34. The van der Waals surface area contributed by atoms with E-state index in [0.717, 1.165) is 30.6 Å². The minimum Gasteiger partial charge on any atom is -0.493 e. The summed E-state index contributed by atoms with van der Waals surface area (Å²) in [5.74, 6) is 0.132. The minimum absolute atomic E-state index is 0.0409. The highest BCUT2D eigenvalue weighted by atomic mass is 32.2. The molecule has 0 radical (unpaired) electrons. The standard InChI is InChI=1S/C24H23NO5S2/c1-15-6-3-4-8-18(15)23(27)30-19-10-9-16(12-20(19)28-2)13-21-22(26)25(24(31)32-21)14-17-7-5-11-29-17/h3-4,6,8-10,12-13,17H,5,7,11,14H2,1-2H3/b21-13+. The average molecular weight is 470 g/mol. The van der Waals surface area contributed by atoms with Crippen LogP contribution in [-0.2, 0) is 9.53 Å². The Labute approximate surface area is 196 Å². The van der Waals surface area contributed by atoms with E-state index in [2.05, 4.69) is 0 Å². The molecule has 1 amide bonds. The molecule has 0 N–H and O–H groups in total. The van der Waals surface area contributed by atoms with Gasteiger partial charge in [-0.25, -0.2) is 4.79 Å². The van der Waals surface area contributed by atoms with Gasteiger partial charge in [-0.15, -0.1) is 0 Å². The third-order valence-corrected chi connectivity index (χ3v) is 6.71. The van der Waals surface area contributed by atoms with E-state index in [1.54, 1.807) is 41.3 Å². The molecule has 0 aliphatic carbocycles. The SMILES string of the molecule is COc1cc(/C=C2/SC(=S)N(CC3CCCO3)C2=O)ccc1OC(=O)c1ccccc1C. The molecule has 0 bridgehead atoms. The van der Waals surface area contributed by atoms with Crippen LogP contribution in [0.25, 0.3) is 6.08 Å². The van der Waals surface area contributed by atoms with E-state index in [-0.39, 0.29) is 12.0 Å². The number of methoxy groups -OCH3 is 1. The Morgan fingerprint density at radius 1 is 1.28 bits per heavy atom. The van der Waals surface area contributed by atoms with Gasteiger partial charge in [-0.2, -0.15) is 0 Å². The van der Waals surface area contributed by atoms with Gasteiger partial charge in [0, 0.05) is 6.61 Å². The fourth-order valence-electron chi connectivity index (χ4n) is 3.62. The Balaban J connectivity index is 1.50. The van der Waals surface area contributed by atoms with Gasteiger partial charge in [-0.1, -0.05) is 48.2 Å². The van der Waals surface area contributed by atoms with E-state index in [0.29, 0.717) is 32.8 Å². The Bertz CT molecular complexity index is 1090. The van der Waals surface area contributed by atoms with E-state index >= 15 is 0 Å². The lowest BCUT2D eigenvalue weighted by Gasteiger charge is -2.18. The van der Waals surface area contributed by atoms with Crippen molar-refractivity contribution in [1.82, 2.24) is 4.90 Å². The number of thioether (sulfide) groups is 1. The monoisotopic (exact) mass is 469 g/mol. The molecule has 2 aliphatic rings. The molecular formula is C24H23NO5S2. The Morgan fingerprint density at radius 2 is 2.09 bits per heavy atom. The molecule has 2 aliphatic heterocycles. The number of benzene rings is 2. The molecule has 1 unspecified atom stereocenters. The normalized spacial score (nSPS) is 19.6. The summed E-state index contributed by atoms with van der Waals surface area (Å²) in [6, 6.07) is 12.4. The molecule has 6 nitrogen and oxygen atoms in total. The molecular weight excluding hydrogens is 446 g/mol. The van der Waals surface area contributed by atoms with Crippen molar-refractivity contribution < 1.29 is 23.8 Å². The van der Waals surface area contributed by atoms with Crippen molar-refractivity contribution in [1.29, 1.82) is 0 Å². The number of carbonyl (C=O) groups is 2. The van der Waals surface area contributed by atoms with Crippen LogP contribution >= 0.6 is 24.0 Å². The molecule has 2 aromatic carbocycles. The maximum atomic E-state index is 12.9. The molecule has 166 valence electrons. The van der Waals surface area contributed by atoms with Crippen LogP contribution in [0.3, 0.4) is 0 Å². The second-order valence-corrected chi connectivity index (χ2v) is 9.22. The zero-order valence-electron chi connectivity index (χ0n) is 17.8. The quantitative estimate of drug-likeness (QED) is 0.265. The summed E-state index contributed by atoms with van der Waals surface area (Å²) in [5.41, 5.74) is 2.07. The van der Waals surface area contributed by atoms with Gasteiger partial charge in [-0.05, 0) is 55.2 Å². The van der Waals surface area contributed by atoms with Gasteiger partial charge in [0.05, 0.1) is 30.2 Å². The first-order chi connectivity index (χ1) is 15.5. The highest BCUT2D eigenvalue weighted by Crippen LogP contribution is 2.35. The fraction of sp³-hybridized carbons (Fsp3) is 0.292. The first-order valence-electron chi connectivity index (χ1n) is 10.3. The van der Waals surface area contributed by atoms with Crippen LogP contribution in [0.4, 0.5) is 0 Å². The molecule has 0 aromatic heterocycles. The van der Waals surface area contributed by atoms with Crippen molar-refractivity contribution in [2.75, 3.05) is 20.3 Å². The van der Waals surface area contributed by atoms with Crippen LogP contribution in [-0.4, -0.2) is 47.5 Å². The number of thiocarbonyl (C=S) groups is 1. The largest absolute Gasteiger partial charge is 0.493 e. The lowest BCUT2D eigenvalue weighted by atomic mass is 10.1. The van der Waals surface area contributed by atoms with Crippen molar-refractivity contribution in [2.24, 2.45) is 0 Å². The molecule has 1 atom stereocenters. The number of hydrogen-bond donors (Lipinski definition) is 0. The Kier molecular flexibility index (Phi) is 6.93. The van der Waals surface area contributed by atoms with Crippen molar-refractivity contribution in [3.8, 4) is 11.5 Å². The smallest absolute Gasteiger partial charge is 0.343 e. The third-order valence-electron chi connectivity index (χ3n) is 5.34.